The minimum atomic E-state index is -3.66. The molecule has 0 radical (unpaired) electrons. The number of para-hydroxylation sites is 1. The summed E-state index contributed by atoms with van der Waals surface area (Å²) in [4.78, 5) is 31.4. The fraction of sp³-hybridized carbons (Fsp3) is 0.344. The molecule has 1 heterocycles. The number of ether oxygens (including phenoxy) is 3. The predicted octanol–water partition coefficient (Wildman–Crippen LogP) is 5.04. The number of benzene rings is 3. The van der Waals surface area contributed by atoms with Crippen LogP contribution in [0.3, 0.4) is 0 Å². The minimum Gasteiger partial charge on any atom is -0.493 e. The Bertz CT molecular complexity index is 1640. The van der Waals surface area contributed by atoms with Gasteiger partial charge in [0.15, 0.2) is 11.5 Å². The maximum Gasteiger partial charge on any atom is 0.305 e. The van der Waals surface area contributed by atoms with E-state index in [1.165, 1.54) is 14.2 Å². The minimum absolute atomic E-state index is 0.105. The van der Waals surface area contributed by atoms with Crippen LogP contribution in [0.2, 0.25) is 0 Å². The average molecular weight is 624 g/mol. The first-order valence-electron chi connectivity index (χ1n) is 14.1. The molecule has 11 nitrogen and oxygen atoms in total. The molecule has 1 amide bonds. The third-order valence-electron chi connectivity index (χ3n) is 6.98. The molecule has 3 aromatic carbocycles. The Morgan fingerprint density at radius 3 is 2.50 bits per heavy atom. The first-order chi connectivity index (χ1) is 21.1. The van der Waals surface area contributed by atoms with Gasteiger partial charge in [-0.25, -0.2) is 0 Å². The summed E-state index contributed by atoms with van der Waals surface area (Å²) in [6, 6.07) is 16.5. The van der Waals surface area contributed by atoms with Crippen molar-refractivity contribution < 1.29 is 36.4 Å². The highest BCUT2D eigenvalue weighted by molar-refractivity contribution is 7.85. The molecule has 0 atom stereocenters. The standard InChI is InChI=1S/C32H37N3O8S/c1-35(14-8-12-31(36)41-3)25-16-22(15-23(17-25)21-43-44(4,38)39)20-42-30-19-28-26(18-29(30)40-2)32(37)34-27-11-6-5-9-24(27)10-7-13-33-28/h5-6,9,11,13,15-19H,7-8,10,12,14,20-21H2,1-4H3,(H,34,37). The maximum absolute atomic E-state index is 13.3. The molecule has 0 spiro atoms. The number of carbonyl (C=O) groups is 2. The molecule has 234 valence electrons. The molecule has 0 aromatic heterocycles. The summed E-state index contributed by atoms with van der Waals surface area (Å²) in [5, 5.41) is 2.99. The van der Waals surface area contributed by atoms with Crippen molar-refractivity contribution in [2.75, 3.05) is 44.3 Å². The van der Waals surface area contributed by atoms with Gasteiger partial charge in [0, 0.05) is 43.7 Å². The van der Waals surface area contributed by atoms with Gasteiger partial charge in [-0.05, 0) is 66.3 Å². The van der Waals surface area contributed by atoms with Crippen LogP contribution in [0.1, 0.15) is 46.3 Å². The van der Waals surface area contributed by atoms with Gasteiger partial charge < -0.3 is 24.4 Å². The number of rotatable bonds is 12. The molecule has 0 saturated heterocycles. The van der Waals surface area contributed by atoms with Gasteiger partial charge in [-0.15, -0.1) is 0 Å². The van der Waals surface area contributed by atoms with E-state index in [2.05, 4.69) is 10.3 Å². The molecule has 0 saturated carbocycles. The Kier molecular flexibility index (Phi) is 11.0. The van der Waals surface area contributed by atoms with Crippen LogP contribution in [0.5, 0.6) is 11.5 Å². The molecule has 44 heavy (non-hydrogen) atoms. The molecule has 0 aliphatic carbocycles. The summed E-state index contributed by atoms with van der Waals surface area (Å²) >= 11 is 0. The predicted molar refractivity (Wildman–Crippen MR) is 169 cm³/mol. The Morgan fingerprint density at radius 1 is 1.02 bits per heavy atom. The van der Waals surface area contributed by atoms with Gasteiger partial charge in [-0.1, -0.05) is 18.2 Å². The zero-order valence-corrected chi connectivity index (χ0v) is 26.1. The quantitative estimate of drug-likeness (QED) is 0.218. The van der Waals surface area contributed by atoms with Crippen LogP contribution in [0.4, 0.5) is 17.1 Å². The van der Waals surface area contributed by atoms with Crippen molar-refractivity contribution in [3.8, 4) is 11.5 Å². The molecule has 0 bridgehead atoms. The van der Waals surface area contributed by atoms with Crippen molar-refractivity contribution in [1.29, 1.82) is 0 Å². The summed E-state index contributed by atoms with van der Waals surface area (Å²) in [6.45, 7) is 0.522. The van der Waals surface area contributed by atoms with Gasteiger partial charge in [0.2, 0.25) is 0 Å². The highest BCUT2D eigenvalue weighted by Gasteiger charge is 2.19. The lowest BCUT2D eigenvalue weighted by atomic mass is 10.1. The van der Waals surface area contributed by atoms with E-state index in [9.17, 15) is 18.0 Å². The second kappa shape index (κ2) is 14.8. The maximum atomic E-state index is 13.3. The second-order valence-corrected chi connectivity index (χ2v) is 12.0. The lowest BCUT2D eigenvalue weighted by Crippen LogP contribution is -2.20. The largest absolute Gasteiger partial charge is 0.493 e. The van der Waals surface area contributed by atoms with E-state index in [1.807, 2.05) is 48.3 Å². The van der Waals surface area contributed by atoms with Crippen LogP contribution in [-0.4, -0.2) is 60.6 Å². The number of carbonyl (C=O) groups excluding carboxylic acids is 2. The first kappa shape index (κ1) is 32.5. The summed E-state index contributed by atoms with van der Waals surface area (Å²) in [5.41, 5.74) is 4.74. The Labute approximate surface area is 257 Å². The molecular weight excluding hydrogens is 586 g/mol. The zero-order valence-electron chi connectivity index (χ0n) is 25.3. The van der Waals surface area contributed by atoms with Gasteiger partial charge in [-0.2, -0.15) is 8.42 Å². The van der Waals surface area contributed by atoms with E-state index in [1.54, 1.807) is 24.4 Å². The number of fused-ring (bicyclic) bond motifs is 2. The third kappa shape index (κ3) is 9.04. The summed E-state index contributed by atoms with van der Waals surface area (Å²) < 4.78 is 44.9. The molecule has 12 heteroatoms. The lowest BCUT2D eigenvalue weighted by molar-refractivity contribution is -0.140. The van der Waals surface area contributed by atoms with E-state index < -0.39 is 10.1 Å². The first-order valence-corrected chi connectivity index (χ1v) is 15.9. The number of hydrogen-bond donors (Lipinski definition) is 1. The van der Waals surface area contributed by atoms with Crippen LogP contribution in [0.15, 0.2) is 59.6 Å². The second-order valence-electron chi connectivity index (χ2n) is 10.3. The number of amides is 1. The van der Waals surface area contributed by atoms with Crippen molar-refractivity contribution in [3.63, 3.8) is 0 Å². The van der Waals surface area contributed by atoms with E-state index in [0.29, 0.717) is 47.7 Å². The average Bonchev–Trinajstić information content (AvgIpc) is 3.00. The molecule has 1 N–H and O–H groups in total. The van der Waals surface area contributed by atoms with Crippen molar-refractivity contribution in [3.05, 3.63) is 76.9 Å². The molecule has 0 unspecified atom stereocenters. The fourth-order valence-corrected chi connectivity index (χ4v) is 5.05. The number of esters is 1. The van der Waals surface area contributed by atoms with Crippen LogP contribution in [0, 0.1) is 0 Å². The number of hydrogen-bond acceptors (Lipinski definition) is 10. The summed E-state index contributed by atoms with van der Waals surface area (Å²) in [5.74, 6) is 0.149. The third-order valence-corrected chi connectivity index (χ3v) is 7.53. The van der Waals surface area contributed by atoms with Crippen molar-refractivity contribution in [1.82, 2.24) is 0 Å². The smallest absolute Gasteiger partial charge is 0.305 e. The Morgan fingerprint density at radius 2 is 1.77 bits per heavy atom. The van der Waals surface area contributed by atoms with Crippen LogP contribution < -0.4 is 19.7 Å². The SMILES string of the molecule is COC(=O)CCCN(C)c1cc(COc2cc3c(cc2OC)C(=O)Nc2ccccc2CCC=N3)cc(COS(C)(=O)=O)c1. The monoisotopic (exact) mass is 623 g/mol. The molecule has 1 aliphatic heterocycles. The van der Waals surface area contributed by atoms with Crippen molar-refractivity contribution >= 4 is 45.3 Å². The Hall–Kier alpha value is -4.42. The number of aryl methyl sites for hydroxylation is 1. The normalized spacial score (nSPS) is 12.9. The lowest BCUT2D eigenvalue weighted by Gasteiger charge is -2.21. The van der Waals surface area contributed by atoms with Crippen molar-refractivity contribution in [2.24, 2.45) is 4.99 Å². The van der Waals surface area contributed by atoms with Gasteiger partial charge in [0.1, 0.15) is 6.61 Å². The number of aliphatic imine (C=N–C) groups is 1. The van der Waals surface area contributed by atoms with Gasteiger partial charge in [0.05, 0.1) is 38.3 Å². The highest BCUT2D eigenvalue weighted by Crippen LogP contribution is 2.37. The fourth-order valence-electron chi connectivity index (χ4n) is 4.70. The van der Waals surface area contributed by atoms with Crippen LogP contribution in [0.25, 0.3) is 0 Å². The van der Waals surface area contributed by atoms with E-state index in [-0.39, 0.29) is 31.5 Å². The zero-order chi connectivity index (χ0) is 31.7. The molecule has 1 aliphatic rings. The number of nitrogens with zero attached hydrogens (tertiary/aromatic N) is 2. The Balaban J connectivity index is 1.59. The van der Waals surface area contributed by atoms with Crippen molar-refractivity contribution in [2.45, 2.75) is 38.9 Å². The molecule has 0 fully saturated rings. The van der Waals surface area contributed by atoms with E-state index in [4.69, 9.17) is 18.4 Å². The van der Waals surface area contributed by atoms with Gasteiger partial charge in [-0.3, -0.25) is 18.8 Å². The van der Waals surface area contributed by atoms with Crippen LogP contribution in [-0.2, 0) is 43.5 Å². The topological polar surface area (TPSA) is 133 Å². The van der Waals surface area contributed by atoms with E-state index in [0.717, 1.165) is 35.2 Å². The highest BCUT2D eigenvalue weighted by atomic mass is 32.2. The molecular formula is C32H37N3O8S. The summed E-state index contributed by atoms with van der Waals surface area (Å²) in [6.07, 6.45) is 5.06. The van der Waals surface area contributed by atoms with Gasteiger partial charge in [0.25, 0.3) is 16.0 Å². The number of nitrogens with one attached hydrogen (secondary N) is 1. The number of anilines is 2. The van der Waals surface area contributed by atoms with E-state index >= 15 is 0 Å². The molecule has 3 aromatic rings. The number of methoxy groups -OCH3 is 2. The van der Waals surface area contributed by atoms with Crippen LogP contribution >= 0.6 is 0 Å². The van der Waals surface area contributed by atoms with Gasteiger partial charge >= 0.3 is 5.97 Å². The summed E-state index contributed by atoms with van der Waals surface area (Å²) in [7, 11) is 1.07. The molecule has 4 rings (SSSR count).